The minimum absolute atomic E-state index is 0.0693. The van der Waals surface area contributed by atoms with Crippen LogP contribution in [0.2, 0.25) is 0 Å². The molecule has 1 unspecified atom stereocenters. The van der Waals surface area contributed by atoms with Gasteiger partial charge >= 0.3 is 0 Å². The van der Waals surface area contributed by atoms with E-state index in [4.69, 9.17) is 10.5 Å². The predicted molar refractivity (Wildman–Crippen MR) is 79.0 cm³/mol. The van der Waals surface area contributed by atoms with Gasteiger partial charge in [-0.15, -0.1) is 11.3 Å². The monoisotopic (exact) mass is 270 g/mol. The molecule has 0 fully saturated rings. The number of hydrogen-bond acceptors (Lipinski definition) is 4. The van der Waals surface area contributed by atoms with Gasteiger partial charge in [0.05, 0.1) is 5.60 Å². The Kier molecular flexibility index (Phi) is 6.29. The minimum atomic E-state index is -0.248. The molecule has 1 aromatic rings. The standard InChI is InChI=1S/C14H26N2OS/c1-5-16(11-12-7-6-10-18-12)9-8-13(15)14(2,3)17-4/h6-7,10,13H,5,8-9,11,15H2,1-4H3. The molecular weight excluding hydrogens is 244 g/mol. The highest BCUT2D eigenvalue weighted by molar-refractivity contribution is 7.09. The highest BCUT2D eigenvalue weighted by Crippen LogP contribution is 2.16. The molecule has 1 aromatic heterocycles. The molecule has 0 aliphatic heterocycles. The molecule has 0 aromatic carbocycles. The van der Waals surface area contributed by atoms with Crippen LogP contribution >= 0.6 is 11.3 Å². The summed E-state index contributed by atoms with van der Waals surface area (Å²) in [5, 5.41) is 2.13. The minimum Gasteiger partial charge on any atom is -0.377 e. The lowest BCUT2D eigenvalue weighted by molar-refractivity contribution is -0.00376. The van der Waals surface area contributed by atoms with Gasteiger partial charge < -0.3 is 10.5 Å². The first-order valence-corrected chi connectivity index (χ1v) is 7.43. The smallest absolute Gasteiger partial charge is 0.0773 e. The number of nitrogens with two attached hydrogens (primary N) is 1. The summed E-state index contributed by atoms with van der Waals surface area (Å²) in [4.78, 5) is 3.84. The molecule has 0 radical (unpaired) electrons. The third-order valence-corrected chi connectivity index (χ3v) is 4.44. The van der Waals surface area contributed by atoms with Gasteiger partial charge in [0.25, 0.3) is 0 Å². The Morgan fingerprint density at radius 3 is 2.72 bits per heavy atom. The second-order valence-corrected chi connectivity index (χ2v) is 6.18. The maximum atomic E-state index is 6.19. The summed E-state index contributed by atoms with van der Waals surface area (Å²) in [6.45, 7) is 9.38. The van der Waals surface area contributed by atoms with Crippen molar-refractivity contribution in [1.29, 1.82) is 0 Å². The fourth-order valence-corrected chi connectivity index (χ4v) is 2.54. The molecule has 0 aliphatic rings. The molecule has 1 atom stereocenters. The van der Waals surface area contributed by atoms with Gasteiger partial charge in [0.15, 0.2) is 0 Å². The van der Waals surface area contributed by atoms with Gasteiger partial charge in [-0.05, 0) is 38.3 Å². The van der Waals surface area contributed by atoms with E-state index in [0.29, 0.717) is 0 Å². The SMILES string of the molecule is CCN(CCC(N)C(C)(C)OC)Cc1cccs1. The lowest BCUT2D eigenvalue weighted by Gasteiger charge is -2.31. The largest absolute Gasteiger partial charge is 0.377 e. The van der Waals surface area contributed by atoms with Gasteiger partial charge in [0.2, 0.25) is 0 Å². The van der Waals surface area contributed by atoms with E-state index in [2.05, 4.69) is 29.3 Å². The van der Waals surface area contributed by atoms with E-state index in [9.17, 15) is 0 Å². The zero-order valence-corrected chi connectivity index (χ0v) is 12.8. The molecule has 1 rings (SSSR count). The average molecular weight is 270 g/mol. The summed E-state index contributed by atoms with van der Waals surface area (Å²) < 4.78 is 5.43. The molecule has 0 saturated heterocycles. The second kappa shape index (κ2) is 7.24. The third kappa shape index (κ3) is 4.69. The fourth-order valence-electron chi connectivity index (χ4n) is 1.79. The van der Waals surface area contributed by atoms with E-state index >= 15 is 0 Å². The molecule has 104 valence electrons. The van der Waals surface area contributed by atoms with Crippen molar-refractivity contribution in [3.05, 3.63) is 22.4 Å². The van der Waals surface area contributed by atoms with Crippen LogP contribution in [0, 0.1) is 0 Å². The summed E-state index contributed by atoms with van der Waals surface area (Å²) in [5.41, 5.74) is 5.94. The molecular formula is C14H26N2OS. The second-order valence-electron chi connectivity index (χ2n) is 5.15. The van der Waals surface area contributed by atoms with Crippen molar-refractivity contribution in [2.45, 2.75) is 45.4 Å². The Morgan fingerprint density at radius 1 is 1.50 bits per heavy atom. The Balaban J connectivity index is 2.40. The Labute approximate surface area is 115 Å². The van der Waals surface area contributed by atoms with Gasteiger partial charge in [-0.25, -0.2) is 0 Å². The zero-order chi connectivity index (χ0) is 13.6. The van der Waals surface area contributed by atoms with Crippen molar-refractivity contribution in [3.63, 3.8) is 0 Å². The highest BCUT2D eigenvalue weighted by atomic mass is 32.1. The lowest BCUT2D eigenvalue weighted by atomic mass is 9.96. The van der Waals surface area contributed by atoms with E-state index in [1.165, 1.54) is 4.88 Å². The Morgan fingerprint density at radius 2 is 2.22 bits per heavy atom. The van der Waals surface area contributed by atoms with E-state index in [1.807, 2.05) is 25.2 Å². The molecule has 0 bridgehead atoms. The van der Waals surface area contributed by atoms with Gasteiger partial charge in [-0.2, -0.15) is 0 Å². The Hall–Kier alpha value is -0.420. The molecule has 0 amide bonds. The van der Waals surface area contributed by atoms with Crippen LogP contribution in [0.3, 0.4) is 0 Å². The first-order chi connectivity index (χ1) is 8.49. The number of ether oxygens (including phenoxy) is 1. The van der Waals surface area contributed by atoms with Gasteiger partial charge in [0.1, 0.15) is 0 Å². The normalized spacial score (nSPS) is 14.1. The number of hydrogen-bond donors (Lipinski definition) is 1. The summed E-state index contributed by atoms with van der Waals surface area (Å²) in [7, 11) is 1.73. The fraction of sp³-hybridized carbons (Fsp3) is 0.714. The van der Waals surface area contributed by atoms with Crippen molar-refractivity contribution in [1.82, 2.24) is 4.90 Å². The molecule has 0 spiro atoms. The van der Waals surface area contributed by atoms with E-state index in [0.717, 1.165) is 26.1 Å². The molecule has 18 heavy (non-hydrogen) atoms. The topological polar surface area (TPSA) is 38.5 Å². The summed E-state index contributed by atoms with van der Waals surface area (Å²) >= 11 is 1.81. The van der Waals surface area contributed by atoms with Crippen molar-refractivity contribution in [3.8, 4) is 0 Å². The van der Waals surface area contributed by atoms with Crippen LogP contribution in [0.5, 0.6) is 0 Å². The number of nitrogens with zero attached hydrogens (tertiary/aromatic N) is 1. The van der Waals surface area contributed by atoms with Crippen molar-refractivity contribution in [2.24, 2.45) is 5.73 Å². The highest BCUT2D eigenvalue weighted by Gasteiger charge is 2.25. The summed E-state index contributed by atoms with van der Waals surface area (Å²) in [6, 6.07) is 4.36. The van der Waals surface area contributed by atoms with Crippen molar-refractivity contribution >= 4 is 11.3 Å². The lowest BCUT2D eigenvalue weighted by Crippen LogP contribution is -2.46. The van der Waals surface area contributed by atoms with Crippen molar-refractivity contribution < 1.29 is 4.74 Å². The van der Waals surface area contributed by atoms with Crippen LogP contribution in [0.1, 0.15) is 32.1 Å². The number of methoxy groups -OCH3 is 1. The van der Waals surface area contributed by atoms with Gasteiger partial charge in [0, 0.05) is 31.1 Å². The van der Waals surface area contributed by atoms with Crippen LogP contribution in [0.15, 0.2) is 17.5 Å². The molecule has 4 heteroatoms. The molecule has 0 saturated carbocycles. The predicted octanol–water partition coefficient (Wildman–Crippen LogP) is 2.71. The van der Waals surface area contributed by atoms with Crippen LogP contribution in [-0.2, 0) is 11.3 Å². The maximum absolute atomic E-state index is 6.19. The number of thiophene rings is 1. The van der Waals surface area contributed by atoms with Crippen LogP contribution in [0.4, 0.5) is 0 Å². The van der Waals surface area contributed by atoms with Gasteiger partial charge in [-0.1, -0.05) is 13.0 Å². The van der Waals surface area contributed by atoms with Gasteiger partial charge in [-0.3, -0.25) is 4.90 Å². The third-order valence-electron chi connectivity index (χ3n) is 3.58. The van der Waals surface area contributed by atoms with Crippen molar-refractivity contribution in [2.75, 3.05) is 20.2 Å². The average Bonchev–Trinajstić information content (AvgIpc) is 2.86. The molecule has 3 nitrogen and oxygen atoms in total. The quantitative estimate of drug-likeness (QED) is 0.789. The first-order valence-electron chi connectivity index (χ1n) is 6.55. The zero-order valence-electron chi connectivity index (χ0n) is 12.0. The molecule has 2 N–H and O–H groups in total. The van der Waals surface area contributed by atoms with E-state index in [1.54, 1.807) is 7.11 Å². The Bertz CT molecular complexity index is 325. The van der Waals surface area contributed by atoms with Crippen LogP contribution < -0.4 is 5.73 Å². The first kappa shape index (κ1) is 15.6. The number of rotatable bonds is 8. The molecule has 0 aliphatic carbocycles. The van der Waals surface area contributed by atoms with E-state index < -0.39 is 0 Å². The molecule has 1 heterocycles. The van der Waals surface area contributed by atoms with E-state index in [-0.39, 0.29) is 11.6 Å². The van der Waals surface area contributed by atoms with Crippen LogP contribution in [0.25, 0.3) is 0 Å². The summed E-state index contributed by atoms with van der Waals surface area (Å²) in [6.07, 6.45) is 0.958. The summed E-state index contributed by atoms with van der Waals surface area (Å²) in [5.74, 6) is 0. The van der Waals surface area contributed by atoms with Crippen LogP contribution in [-0.4, -0.2) is 36.7 Å². The maximum Gasteiger partial charge on any atom is 0.0773 e.